The van der Waals surface area contributed by atoms with Gasteiger partial charge in [-0.2, -0.15) is 0 Å². The van der Waals surface area contributed by atoms with Crippen molar-refractivity contribution >= 4 is 41.6 Å². The van der Waals surface area contributed by atoms with E-state index in [4.69, 9.17) is 10.7 Å². The van der Waals surface area contributed by atoms with Gasteiger partial charge in [0.25, 0.3) is 15.0 Å². The van der Waals surface area contributed by atoms with Crippen LogP contribution < -0.4 is 5.32 Å². The fourth-order valence-electron chi connectivity index (χ4n) is 1.30. The normalized spacial score (nSPS) is 12.3. The molecule has 1 aromatic carbocycles. The van der Waals surface area contributed by atoms with E-state index in [-0.39, 0.29) is 21.9 Å². The molecule has 1 aromatic rings. The maximum Gasteiger partial charge on any atom is 0.261 e. The Balaban J connectivity index is 3.15. The number of nitrogens with one attached hydrogen (secondary N) is 1. The van der Waals surface area contributed by atoms with Crippen LogP contribution in [0.3, 0.4) is 0 Å². The number of hydrogen-bond donors (Lipinski definition) is 1. The third-order valence-electron chi connectivity index (χ3n) is 2.75. The van der Waals surface area contributed by atoms with E-state index in [1.54, 1.807) is 6.07 Å². The van der Waals surface area contributed by atoms with Gasteiger partial charge in [0.1, 0.15) is 0 Å². The van der Waals surface area contributed by atoms with Crippen molar-refractivity contribution < 1.29 is 13.2 Å². The first-order chi connectivity index (χ1) is 8.55. The number of halogens is 2. The van der Waals surface area contributed by atoms with Crippen molar-refractivity contribution in [2.75, 3.05) is 0 Å². The molecule has 0 aliphatic rings. The third kappa shape index (κ3) is 4.78. The molecule has 0 aliphatic heterocycles. The van der Waals surface area contributed by atoms with E-state index < -0.39 is 9.05 Å². The summed E-state index contributed by atoms with van der Waals surface area (Å²) in [5.74, 6) is -0.338. The lowest BCUT2D eigenvalue weighted by atomic mass is 10.0. The van der Waals surface area contributed by atoms with Gasteiger partial charge < -0.3 is 5.32 Å². The third-order valence-corrected chi connectivity index (χ3v) is 4.54. The molecule has 0 bridgehead atoms. The van der Waals surface area contributed by atoms with Gasteiger partial charge in [0.15, 0.2) is 0 Å². The molecule has 19 heavy (non-hydrogen) atoms. The average Bonchev–Trinajstić information content (AvgIpc) is 2.26. The van der Waals surface area contributed by atoms with Crippen molar-refractivity contribution in [3.63, 3.8) is 0 Å². The van der Waals surface area contributed by atoms with Crippen LogP contribution in [0.1, 0.15) is 37.6 Å². The second kappa shape index (κ2) is 5.81. The first kappa shape index (κ1) is 16.5. The summed E-state index contributed by atoms with van der Waals surface area (Å²) in [5.41, 5.74) is -0.116. The van der Waals surface area contributed by atoms with Gasteiger partial charge >= 0.3 is 0 Å². The molecule has 0 spiro atoms. The van der Waals surface area contributed by atoms with Crippen LogP contribution in [0.25, 0.3) is 0 Å². The van der Waals surface area contributed by atoms with Crippen molar-refractivity contribution in [1.29, 1.82) is 0 Å². The molecule has 1 rings (SSSR count). The quantitative estimate of drug-likeness (QED) is 0.829. The standard InChI is InChI=1S/C12H15BrClNO3S/c1-4-12(2,3)15-11(16)8-5-9(13)7-10(6-8)19(14,17)18/h5-7H,4H2,1-3H3,(H,15,16). The number of carbonyl (C=O) groups excluding carboxylic acids is 1. The zero-order valence-electron chi connectivity index (χ0n) is 10.8. The van der Waals surface area contributed by atoms with E-state index in [9.17, 15) is 13.2 Å². The summed E-state index contributed by atoms with van der Waals surface area (Å²) >= 11 is 3.17. The Hall–Kier alpha value is -0.590. The molecular formula is C12H15BrClNO3S. The van der Waals surface area contributed by atoms with Crippen LogP contribution in [0.15, 0.2) is 27.6 Å². The highest BCUT2D eigenvalue weighted by Crippen LogP contribution is 2.23. The average molecular weight is 369 g/mol. The minimum absolute atomic E-state index is 0.108. The van der Waals surface area contributed by atoms with E-state index in [1.807, 2.05) is 20.8 Å². The number of hydrogen-bond acceptors (Lipinski definition) is 3. The lowest BCUT2D eigenvalue weighted by molar-refractivity contribution is 0.0911. The monoisotopic (exact) mass is 367 g/mol. The highest BCUT2D eigenvalue weighted by Gasteiger charge is 2.21. The molecule has 7 heteroatoms. The molecule has 0 heterocycles. The van der Waals surface area contributed by atoms with Crippen molar-refractivity contribution in [1.82, 2.24) is 5.32 Å². The van der Waals surface area contributed by atoms with Crippen LogP contribution in [0, 0.1) is 0 Å². The molecule has 0 aromatic heterocycles. The SMILES string of the molecule is CCC(C)(C)NC(=O)c1cc(Br)cc(S(=O)(=O)Cl)c1. The second-order valence-electron chi connectivity index (χ2n) is 4.81. The highest BCUT2D eigenvalue weighted by molar-refractivity contribution is 9.10. The minimum atomic E-state index is -3.87. The van der Waals surface area contributed by atoms with Crippen LogP contribution in [-0.4, -0.2) is 19.9 Å². The number of carbonyl (C=O) groups is 1. The van der Waals surface area contributed by atoms with Crippen molar-refractivity contribution in [3.8, 4) is 0 Å². The summed E-state index contributed by atoms with van der Waals surface area (Å²) in [7, 11) is 1.42. The largest absolute Gasteiger partial charge is 0.347 e. The van der Waals surface area contributed by atoms with Crippen LogP contribution in [0.4, 0.5) is 0 Å². The summed E-state index contributed by atoms with van der Waals surface area (Å²) in [6.45, 7) is 5.74. The summed E-state index contributed by atoms with van der Waals surface area (Å²) < 4.78 is 23.1. The van der Waals surface area contributed by atoms with Gasteiger partial charge in [-0.3, -0.25) is 4.79 Å². The Bertz CT molecular complexity index is 599. The van der Waals surface area contributed by atoms with Crippen LogP contribution in [-0.2, 0) is 9.05 Å². The topological polar surface area (TPSA) is 63.2 Å². The van der Waals surface area contributed by atoms with Gasteiger partial charge in [-0.25, -0.2) is 8.42 Å². The van der Waals surface area contributed by atoms with Crippen molar-refractivity contribution in [3.05, 3.63) is 28.2 Å². The zero-order chi connectivity index (χ0) is 14.8. The molecule has 0 unspecified atom stereocenters. The van der Waals surface area contributed by atoms with E-state index in [0.29, 0.717) is 4.47 Å². The lowest BCUT2D eigenvalue weighted by Crippen LogP contribution is -2.42. The zero-order valence-corrected chi connectivity index (χ0v) is 14.0. The molecule has 0 atom stereocenters. The Labute approximate surface area is 126 Å². The Morgan fingerprint density at radius 1 is 1.37 bits per heavy atom. The molecule has 106 valence electrons. The molecular weight excluding hydrogens is 354 g/mol. The molecule has 0 aliphatic carbocycles. The molecule has 1 amide bonds. The van der Waals surface area contributed by atoms with Gasteiger partial charge in [-0.15, -0.1) is 0 Å². The first-order valence-corrected chi connectivity index (χ1v) is 8.73. The van der Waals surface area contributed by atoms with E-state index in [1.165, 1.54) is 12.1 Å². The molecule has 1 N–H and O–H groups in total. The number of benzene rings is 1. The fourth-order valence-corrected chi connectivity index (χ4v) is 2.75. The van der Waals surface area contributed by atoms with Gasteiger partial charge in [-0.1, -0.05) is 22.9 Å². The molecule has 0 saturated carbocycles. The van der Waals surface area contributed by atoms with Crippen molar-refractivity contribution in [2.45, 2.75) is 37.6 Å². The van der Waals surface area contributed by atoms with Gasteiger partial charge in [-0.05, 0) is 38.5 Å². The maximum atomic E-state index is 12.1. The maximum absolute atomic E-state index is 12.1. The molecule has 0 saturated heterocycles. The Kier molecular flexibility index (Phi) is 5.03. The van der Waals surface area contributed by atoms with Crippen LogP contribution in [0.5, 0.6) is 0 Å². The molecule has 4 nitrogen and oxygen atoms in total. The van der Waals surface area contributed by atoms with Crippen LogP contribution in [0.2, 0.25) is 0 Å². The number of rotatable bonds is 4. The first-order valence-electron chi connectivity index (χ1n) is 5.63. The smallest absolute Gasteiger partial charge is 0.261 e. The van der Waals surface area contributed by atoms with E-state index in [0.717, 1.165) is 6.42 Å². The van der Waals surface area contributed by atoms with E-state index >= 15 is 0 Å². The highest BCUT2D eigenvalue weighted by atomic mass is 79.9. The van der Waals surface area contributed by atoms with Crippen LogP contribution >= 0.6 is 26.6 Å². The van der Waals surface area contributed by atoms with Crippen molar-refractivity contribution in [2.24, 2.45) is 0 Å². The molecule has 0 fully saturated rings. The Morgan fingerprint density at radius 2 is 1.95 bits per heavy atom. The predicted octanol–water partition coefficient (Wildman–Crippen LogP) is 3.30. The second-order valence-corrected chi connectivity index (χ2v) is 8.29. The summed E-state index contributed by atoms with van der Waals surface area (Å²) in [6.07, 6.45) is 0.757. The summed E-state index contributed by atoms with van der Waals surface area (Å²) in [4.78, 5) is 12.0. The van der Waals surface area contributed by atoms with Gasteiger partial charge in [0, 0.05) is 26.3 Å². The van der Waals surface area contributed by atoms with Gasteiger partial charge in [0.2, 0.25) is 0 Å². The Morgan fingerprint density at radius 3 is 2.42 bits per heavy atom. The lowest BCUT2D eigenvalue weighted by Gasteiger charge is -2.24. The molecule has 0 radical (unpaired) electrons. The summed E-state index contributed by atoms with van der Waals surface area (Å²) in [5, 5.41) is 2.83. The minimum Gasteiger partial charge on any atom is -0.347 e. The fraction of sp³-hybridized carbons (Fsp3) is 0.417. The van der Waals surface area contributed by atoms with E-state index in [2.05, 4.69) is 21.2 Å². The summed E-state index contributed by atoms with van der Waals surface area (Å²) in [6, 6.07) is 4.16. The predicted molar refractivity (Wildman–Crippen MR) is 79.0 cm³/mol. The van der Waals surface area contributed by atoms with Gasteiger partial charge in [0.05, 0.1) is 4.90 Å². The number of amides is 1.